The second-order valence-corrected chi connectivity index (χ2v) is 7.02. The average molecular weight is 300 g/mol. The van der Waals surface area contributed by atoms with Crippen molar-refractivity contribution in [1.82, 2.24) is 5.43 Å². The lowest BCUT2D eigenvalue weighted by atomic mass is 10.0. The van der Waals surface area contributed by atoms with E-state index in [-0.39, 0.29) is 6.04 Å². The summed E-state index contributed by atoms with van der Waals surface area (Å²) in [7, 11) is 0. The normalized spacial score (nSPS) is 16.3. The van der Waals surface area contributed by atoms with Crippen molar-refractivity contribution in [3.63, 3.8) is 0 Å². The quantitative estimate of drug-likeness (QED) is 0.506. The second-order valence-electron chi connectivity index (χ2n) is 5.86. The van der Waals surface area contributed by atoms with Crippen LogP contribution in [0.3, 0.4) is 0 Å². The zero-order chi connectivity index (χ0) is 14.7. The number of rotatable bonds is 4. The molecule has 112 valence electrons. The number of thiophene rings is 1. The minimum absolute atomic E-state index is 0.119. The standard InChI is InChI=1S/C18H24N2S/c1-2-13-7-6-9-15(11-13)18(20-19)17-12-14-8-4-3-5-10-16(14)21-17/h6-7,9,11-12,18,20H,2-5,8,10,19H2,1H3. The van der Waals surface area contributed by atoms with Crippen molar-refractivity contribution >= 4 is 11.3 Å². The zero-order valence-electron chi connectivity index (χ0n) is 12.7. The molecule has 2 nitrogen and oxygen atoms in total. The maximum atomic E-state index is 5.87. The number of aryl methyl sites for hydroxylation is 3. The maximum Gasteiger partial charge on any atom is 0.0802 e. The lowest BCUT2D eigenvalue weighted by Gasteiger charge is -2.15. The molecule has 0 bridgehead atoms. The summed E-state index contributed by atoms with van der Waals surface area (Å²) >= 11 is 1.95. The molecular formula is C18H24N2S. The van der Waals surface area contributed by atoms with Gasteiger partial charge in [0.2, 0.25) is 0 Å². The average Bonchev–Trinajstić information content (AvgIpc) is 2.78. The number of hydrazine groups is 1. The molecule has 1 atom stereocenters. The first-order valence-corrected chi connectivity index (χ1v) is 8.80. The summed E-state index contributed by atoms with van der Waals surface area (Å²) < 4.78 is 0. The first kappa shape index (κ1) is 14.8. The van der Waals surface area contributed by atoms with E-state index in [1.165, 1.54) is 48.1 Å². The largest absolute Gasteiger partial charge is 0.271 e. The van der Waals surface area contributed by atoms with E-state index in [4.69, 9.17) is 5.84 Å². The highest BCUT2D eigenvalue weighted by molar-refractivity contribution is 7.12. The summed E-state index contributed by atoms with van der Waals surface area (Å²) in [6.45, 7) is 2.19. The van der Waals surface area contributed by atoms with Crippen LogP contribution < -0.4 is 11.3 Å². The van der Waals surface area contributed by atoms with Gasteiger partial charge in [0.15, 0.2) is 0 Å². The minimum atomic E-state index is 0.119. The van der Waals surface area contributed by atoms with Crippen LogP contribution in [0.15, 0.2) is 30.3 Å². The zero-order valence-corrected chi connectivity index (χ0v) is 13.5. The fourth-order valence-electron chi connectivity index (χ4n) is 3.17. The van der Waals surface area contributed by atoms with Crippen LogP contribution in [0.4, 0.5) is 0 Å². The van der Waals surface area contributed by atoms with Gasteiger partial charge >= 0.3 is 0 Å². The van der Waals surface area contributed by atoms with Crippen molar-refractivity contribution in [3.05, 3.63) is 56.8 Å². The summed E-state index contributed by atoms with van der Waals surface area (Å²) in [5, 5.41) is 0. The SMILES string of the molecule is CCc1cccc(C(NN)c2cc3c(s2)CCCCC3)c1. The third-order valence-electron chi connectivity index (χ3n) is 4.41. The molecule has 0 fully saturated rings. The van der Waals surface area contributed by atoms with Crippen LogP contribution in [-0.4, -0.2) is 0 Å². The Kier molecular flexibility index (Phi) is 4.73. The molecule has 1 aliphatic rings. The van der Waals surface area contributed by atoms with Crippen LogP contribution >= 0.6 is 11.3 Å². The third kappa shape index (κ3) is 3.20. The summed E-state index contributed by atoms with van der Waals surface area (Å²) in [4.78, 5) is 2.94. The molecule has 1 aromatic carbocycles. The number of hydrogen-bond acceptors (Lipinski definition) is 3. The third-order valence-corrected chi connectivity index (χ3v) is 5.71. The highest BCUT2D eigenvalue weighted by atomic mass is 32.1. The fraction of sp³-hybridized carbons (Fsp3) is 0.444. The van der Waals surface area contributed by atoms with Gasteiger partial charge in [-0.2, -0.15) is 0 Å². The molecule has 2 aromatic rings. The van der Waals surface area contributed by atoms with Crippen LogP contribution in [0.2, 0.25) is 0 Å². The molecular weight excluding hydrogens is 276 g/mol. The molecule has 3 rings (SSSR count). The molecule has 21 heavy (non-hydrogen) atoms. The van der Waals surface area contributed by atoms with Gasteiger partial charge < -0.3 is 0 Å². The Morgan fingerprint density at radius 1 is 1.19 bits per heavy atom. The molecule has 0 radical (unpaired) electrons. The van der Waals surface area contributed by atoms with E-state index >= 15 is 0 Å². The van der Waals surface area contributed by atoms with Gasteiger partial charge in [0.1, 0.15) is 0 Å². The predicted octanol–water partition coefficient (Wildman–Crippen LogP) is 4.13. The highest BCUT2D eigenvalue weighted by Gasteiger charge is 2.19. The Morgan fingerprint density at radius 3 is 2.86 bits per heavy atom. The molecule has 1 unspecified atom stereocenters. The Morgan fingerprint density at radius 2 is 2.05 bits per heavy atom. The minimum Gasteiger partial charge on any atom is -0.271 e. The molecule has 1 aromatic heterocycles. The Bertz CT molecular complexity index is 580. The molecule has 1 aliphatic carbocycles. The van der Waals surface area contributed by atoms with E-state index in [9.17, 15) is 0 Å². The summed E-state index contributed by atoms with van der Waals surface area (Å²) in [5.41, 5.74) is 7.21. The number of fused-ring (bicyclic) bond motifs is 1. The second kappa shape index (κ2) is 6.73. The van der Waals surface area contributed by atoms with E-state index in [0.29, 0.717) is 0 Å². The van der Waals surface area contributed by atoms with Crippen molar-refractivity contribution in [2.24, 2.45) is 5.84 Å². The molecule has 0 saturated heterocycles. The molecule has 0 aliphatic heterocycles. The molecule has 3 heteroatoms. The summed E-state index contributed by atoms with van der Waals surface area (Å²) in [5.74, 6) is 5.87. The lowest BCUT2D eigenvalue weighted by molar-refractivity contribution is 0.644. The van der Waals surface area contributed by atoms with Gasteiger partial charge in [-0.15, -0.1) is 11.3 Å². The fourth-order valence-corrected chi connectivity index (χ4v) is 4.51. The van der Waals surface area contributed by atoms with Gasteiger partial charge in [0.05, 0.1) is 6.04 Å². The number of nitrogens with two attached hydrogens (primary N) is 1. The first-order chi connectivity index (χ1) is 10.3. The molecule has 0 saturated carbocycles. The highest BCUT2D eigenvalue weighted by Crippen LogP contribution is 2.34. The van der Waals surface area contributed by atoms with Gasteiger partial charge in [-0.25, -0.2) is 5.43 Å². The van der Waals surface area contributed by atoms with Crippen LogP contribution in [0.1, 0.15) is 58.7 Å². The Balaban J connectivity index is 1.92. The maximum absolute atomic E-state index is 5.87. The van der Waals surface area contributed by atoms with Gasteiger partial charge in [-0.05, 0) is 54.9 Å². The molecule has 0 spiro atoms. The monoisotopic (exact) mass is 300 g/mol. The van der Waals surface area contributed by atoms with E-state index in [0.717, 1.165) is 6.42 Å². The van der Waals surface area contributed by atoms with Gasteiger partial charge in [0, 0.05) is 9.75 Å². The Hall–Kier alpha value is -1.16. The van der Waals surface area contributed by atoms with Crippen LogP contribution in [-0.2, 0) is 19.3 Å². The number of hydrogen-bond donors (Lipinski definition) is 2. The van der Waals surface area contributed by atoms with Gasteiger partial charge in [-0.3, -0.25) is 5.84 Å². The van der Waals surface area contributed by atoms with Crippen molar-refractivity contribution in [2.45, 2.75) is 51.5 Å². The predicted molar refractivity (Wildman–Crippen MR) is 90.6 cm³/mol. The Labute approximate surface area is 131 Å². The summed E-state index contributed by atoms with van der Waals surface area (Å²) in [6.07, 6.45) is 7.57. The smallest absolute Gasteiger partial charge is 0.0802 e. The van der Waals surface area contributed by atoms with Crippen LogP contribution in [0.25, 0.3) is 0 Å². The topological polar surface area (TPSA) is 38.0 Å². The van der Waals surface area contributed by atoms with Crippen LogP contribution in [0.5, 0.6) is 0 Å². The van der Waals surface area contributed by atoms with Crippen molar-refractivity contribution in [2.75, 3.05) is 0 Å². The molecule has 0 amide bonds. The van der Waals surface area contributed by atoms with Crippen LogP contribution in [0, 0.1) is 0 Å². The van der Waals surface area contributed by atoms with E-state index in [2.05, 4.69) is 42.7 Å². The van der Waals surface area contributed by atoms with E-state index in [1.807, 2.05) is 11.3 Å². The number of nitrogens with one attached hydrogen (secondary N) is 1. The molecule has 3 N–H and O–H groups in total. The first-order valence-electron chi connectivity index (χ1n) is 7.98. The van der Waals surface area contributed by atoms with Gasteiger partial charge in [0.25, 0.3) is 0 Å². The molecule has 1 heterocycles. The number of benzene rings is 1. The van der Waals surface area contributed by atoms with Gasteiger partial charge in [-0.1, -0.05) is 37.6 Å². The van der Waals surface area contributed by atoms with E-state index < -0.39 is 0 Å². The van der Waals surface area contributed by atoms with Crippen molar-refractivity contribution in [1.29, 1.82) is 0 Å². The van der Waals surface area contributed by atoms with E-state index in [1.54, 1.807) is 10.4 Å². The van der Waals surface area contributed by atoms with Crippen molar-refractivity contribution in [3.8, 4) is 0 Å². The summed E-state index contributed by atoms with van der Waals surface area (Å²) in [6, 6.07) is 11.3. The lowest BCUT2D eigenvalue weighted by Crippen LogP contribution is -2.28. The van der Waals surface area contributed by atoms with Crippen molar-refractivity contribution < 1.29 is 0 Å².